The summed E-state index contributed by atoms with van der Waals surface area (Å²) in [6.07, 6.45) is 9.62. The minimum absolute atomic E-state index is 0.0113. The van der Waals surface area contributed by atoms with Crippen LogP contribution in [0.3, 0.4) is 0 Å². The van der Waals surface area contributed by atoms with Crippen LogP contribution >= 0.6 is 11.6 Å². The first-order valence-electron chi connectivity index (χ1n) is 12.3. The van der Waals surface area contributed by atoms with Crippen molar-refractivity contribution < 1.29 is 13.9 Å². The molecule has 1 saturated carbocycles. The normalized spacial score (nSPS) is 18.1. The Morgan fingerprint density at radius 1 is 1.25 bits per heavy atom. The Hall–Kier alpha value is -3.23. The summed E-state index contributed by atoms with van der Waals surface area (Å²) in [5, 5.41) is 6.83. The van der Waals surface area contributed by atoms with Crippen LogP contribution in [0.25, 0.3) is 10.9 Å². The third kappa shape index (κ3) is 5.94. The summed E-state index contributed by atoms with van der Waals surface area (Å²) < 4.78 is 19.7. The summed E-state index contributed by atoms with van der Waals surface area (Å²) >= 11 is 5.94. The van der Waals surface area contributed by atoms with E-state index in [9.17, 15) is 9.18 Å². The van der Waals surface area contributed by atoms with Gasteiger partial charge in [0, 0.05) is 35.8 Å². The first-order chi connectivity index (χ1) is 17.5. The highest BCUT2D eigenvalue weighted by atomic mass is 35.5. The van der Waals surface area contributed by atoms with Crippen LogP contribution in [0.2, 0.25) is 5.02 Å². The zero-order chi connectivity index (χ0) is 25.1. The summed E-state index contributed by atoms with van der Waals surface area (Å²) in [6, 6.07) is 8.53. The van der Waals surface area contributed by atoms with Crippen LogP contribution in [-0.2, 0) is 4.79 Å². The van der Waals surface area contributed by atoms with Gasteiger partial charge < -0.3 is 15.4 Å². The van der Waals surface area contributed by atoms with Crippen LogP contribution in [0, 0.1) is 11.7 Å². The van der Waals surface area contributed by atoms with Crippen molar-refractivity contribution in [3.8, 4) is 5.75 Å². The molecule has 2 aromatic carbocycles. The lowest BCUT2D eigenvalue weighted by Gasteiger charge is -2.18. The van der Waals surface area contributed by atoms with Crippen molar-refractivity contribution in [3.63, 3.8) is 0 Å². The first kappa shape index (κ1) is 24.5. The number of hydrogen-bond donors (Lipinski definition) is 2. The zero-order valence-corrected chi connectivity index (χ0v) is 20.9. The first-order valence-corrected chi connectivity index (χ1v) is 12.7. The molecule has 36 heavy (non-hydrogen) atoms. The van der Waals surface area contributed by atoms with E-state index in [0.717, 1.165) is 25.9 Å². The molecule has 188 valence electrons. The van der Waals surface area contributed by atoms with E-state index >= 15 is 0 Å². The molecule has 1 saturated heterocycles. The van der Waals surface area contributed by atoms with Crippen LogP contribution in [0.15, 0.2) is 48.8 Å². The molecule has 1 aliphatic heterocycles. The monoisotopic (exact) mass is 509 g/mol. The molecule has 1 aromatic heterocycles. The van der Waals surface area contributed by atoms with Crippen molar-refractivity contribution in [2.24, 2.45) is 5.92 Å². The van der Waals surface area contributed by atoms with Crippen molar-refractivity contribution >= 4 is 45.6 Å². The van der Waals surface area contributed by atoms with Gasteiger partial charge in [0.05, 0.1) is 22.8 Å². The number of nitrogens with one attached hydrogen (secondary N) is 2. The van der Waals surface area contributed by atoms with Crippen molar-refractivity contribution in [1.29, 1.82) is 0 Å². The predicted molar refractivity (Wildman–Crippen MR) is 140 cm³/mol. The molecular weight excluding hydrogens is 481 g/mol. The highest BCUT2D eigenvalue weighted by Gasteiger charge is 2.23. The van der Waals surface area contributed by atoms with E-state index in [2.05, 4.69) is 32.4 Å². The molecule has 2 fully saturated rings. The minimum atomic E-state index is -0.496. The second-order valence-electron chi connectivity index (χ2n) is 9.47. The maximum atomic E-state index is 13.6. The number of rotatable bonds is 9. The smallest absolute Gasteiger partial charge is 0.248 e. The van der Waals surface area contributed by atoms with E-state index in [1.54, 1.807) is 18.2 Å². The largest absolute Gasteiger partial charge is 0.491 e. The second-order valence-corrected chi connectivity index (χ2v) is 9.88. The van der Waals surface area contributed by atoms with Gasteiger partial charge >= 0.3 is 0 Å². The number of likely N-dealkylation sites (tertiary alicyclic amines) is 1. The van der Waals surface area contributed by atoms with Gasteiger partial charge in [-0.05, 0) is 69.3 Å². The van der Waals surface area contributed by atoms with Crippen LogP contribution < -0.4 is 15.4 Å². The van der Waals surface area contributed by atoms with E-state index in [4.69, 9.17) is 16.3 Å². The standard InChI is InChI=1S/C27H29ClFN5O2/c1-17-4-2-10-34(17)11-3-5-26(35)33-24-13-20-23(14-25(24)36-15-18-6-7-18)30-16-31-27(20)32-19-8-9-22(29)21(28)12-19/h3,5,8-9,12-14,16-18H,2,4,6-7,10-11,15H2,1H3,(H,33,35)(H,30,31,32). The van der Waals surface area contributed by atoms with Gasteiger partial charge in [-0.1, -0.05) is 17.7 Å². The molecule has 5 rings (SSSR count). The van der Waals surface area contributed by atoms with Gasteiger partial charge in [0.25, 0.3) is 0 Å². The number of amides is 1. The van der Waals surface area contributed by atoms with Crippen LogP contribution in [0.4, 0.5) is 21.6 Å². The molecule has 9 heteroatoms. The van der Waals surface area contributed by atoms with Gasteiger partial charge in [0.2, 0.25) is 5.91 Å². The Bertz CT molecular complexity index is 1300. The lowest BCUT2D eigenvalue weighted by Crippen LogP contribution is -2.27. The summed E-state index contributed by atoms with van der Waals surface area (Å²) in [5.41, 5.74) is 1.78. The summed E-state index contributed by atoms with van der Waals surface area (Å²) in [7, 11) is 0. The van der Waals surface area contributed by atoms with Gasteiger partial charge in [-0.3, -0.25) is 9.69 Å². The molecule has 1 atom stereocenters. The number of fused-ring (bicyclic) bond motifs is 1. The summed E-state index contributed by atoms with van der Waals surface area (Å²) in [4.78, 5) is 23.9. The number of anilines is 3. The molecule has 2 heterocycles. The molecule has 1 amide bonds. The van der Waals surface area contributed by atoms with E-state index in [1.807, 2.05) is 12.1 Å². The molecule has 0 spiro atoms. The van der Waals surface area contributed by atoms with E-state index in [1.165, 1.54) is 31.3 Å². The fourth-order valence-corrected chi connectivity index (χ4v) is 4.52. The Balaban J connectivity index is 1.39. The van der Waals surface area contributed by atoms with Crippen molar-refractivity contribution in [2.45, 2.75) is 38.6 Å². The summed E-state index contributed by atoms with van der Waals surface area (Å²) in [6.45, 7) is 4.62. The van der Waals surface area contributed by atoms with E-state index in [-0.39, 0.29) is 10.9 Å². The number of carbonyl (C=O) groups is 1. The molecule has 1 unspecified atom stereocenters. The van der Waals surface area contributed by atoms with Gasteiger partial charge in [0.15, 0.2) is 0 Å². The highest BCUT2D eigenvalue weighted by Crippen LogP contribution is 2.36. The molecule has 1 aliphatic carbocycles. The maximum Gasteiger partial charge on any atom is 0.248 e. The van der Waals surface area contributed by atoms with Crippen molar-refractivity contribution in [3.05, 3.63) is 59.7 Å². The van der Waals surface area contributed by atoms with Crippen LogP contribution in [0.1, 0.15) is 32.6 Å². The Morgan fingerprint density at radius 3 is 2.86 bits per heavy atom. The molecule has 0 radical (unpaired) electrons. The Labute approximate surface area is 214 Å². The molecule has 3 aromatic rings. The number of benzene rings is 2. The third-order valence-corrected chi connectivity index (χ3v) is 6.94. The topological polar surface area (TPSA) is 79.4 Å². The van der Waals surface area contributed by atoms with Gasteiger partial charge in [-0.2, -0.15) is 0 Å². The third-order valence-electron chi connectivity index (χ3n) is 6.65. The molecule has 2 aliphatic rings. The second kappa shape index (κ2) is 10.8. The lowest BCUT2D eigenvalue weighted by atomic mass is 10.1. The number of hydrogen-bond acceptors (Lipinski definition) is 6. The maximum absolute atomic E-state index is 13.6. The molecule has 7 nitrogen and oxygen atoms in total. The lowest BCUT2D eigenvalue weighted by molar-refractivity contribution is -0.111. The van der Waals surface area contributed by atoms with Gasteiger partial charge in [-0.15, -0.1) is 0 Å². The van der Waals surface area contributed by atoms with E-state index < -0.39 is 5.82 Å². The molecular formula is C27H29ClFN5O2. The number of aromatic nitrogens is 2. The highest BCUT2D eigenvalue weighted by molar-refractivity contribution is 6.31. The molecule has 2 N–H and O–H groups in total. The predicted octanol–water partition coefficient (Wildman–Crippen LogP) is 5.93. The number of nitrogens with zero attached hydrogens (tertiary/aromatic N) is 3. The Kier molecular flexibility index (Phi) is 7.34. The van der Waals surface area contributed by atoms with Crippen molar-refractivity contribution in [2.75, 3.05) is 30.3 Å². The van der Waals surface area contributed by atoms with E-state index in [0.29, 0.717) is 52.4 Å². The number of ether oxygens (including phenoxy) is 1. The van der Waals surface area contributed by atoms with Crippen LogP contribution in [-0.4, -0.2) is 46.5 Å². The zero-order valence-electron chi connectivity index (χ0n) is 20.1. The van der Waals surface area contributed by atoms with Crippen molar-refractivity contribution in [1.82, 2.24) is 14.9 Å². The average molecular weight is 510 g/mol. The Morgan fingerprint density at radius 2 is 2.11 bits per heavy atom. The number of halogens is 2. The SMILES string of the molecule is CC1CCCN1CC=CC(=O)Nc1cc2c(Nc3ccc(F)c(Cl)c3)ncnc2cc1OCC1CC1. The van der Waals surface area contributed by atoms with Gasteiger partial charge in [-0.25, -0.2) is 14.4 Å². The fourth-order valence-electron chi connectivity index (χ4n) is 4.34. The van der Waals surface area contributed by atoms with Crippen LogP contribution in [0.5, 0.6) is 5.75 Å². The molecule has 0 bridgehead atoms. The summed E-state index contributed by atoms with van der Waals surface area (Å²) in [5.74, 6) is 0.903. The number of carbonyl (C=O) groups excluding carboxylic acids is 1. The average Bonchev–Trinajstić information content (AvgIpc) is 3.60. The quantitative estimate of drug-likeness (QED) is 0.348. The fraction of sp³-hybridized carbons (Fsp3) is 0.370. The van der Waals surface area contributed by atoms with Gasteiger partial charge in [0.1, 0.15) is 23.7 Å². The minimum Gasteiger partial charge on any atom is -0.491 e.